The number of halogens is 1. The number of nitrogens with one attached hydrogen (secondary N) is 1. The fraction of sp³-hybridized carbons (Fsp3) is 0.263. The molecule has 1 aromatic heterocycles. The lowest BCUT2D eigenvalue weighted by Crippen LogP contribution is -2.13. The summed E-state index contributed by atoms with van der Waals surface area (Å²) in [4.78, 5) is 12.3. The van der Waals surface area contributed by atoms with Crippen LogP contribution in [0.3, 0.4) is 0 Å². The summed E-state index contributed by atoms with van der Waals surface area (Å²) in [6, 6.07) is 10.8. The molecule has 4 nitrogen and oxygen atoms in total. The van der Waals surface area contributed by atoms with Crippen molar-refractivity contribution in [3.63, 3.8) is 0 Å². The number of furan rings is 1. The van der Waals surface area contributed by atoms with Crippen LogP contribution in [0.5, 0.6) is 0 Å². The number of nitriles is 1. The highest BCUT2D eigenvalue weighted by Crippen LogP contribution is 2.47. The molecule has 122 valence electrons. The van der Waals surface area contributed by atoms with Gasteiger partial charge in [0, 0.05) is 22.7 Å². The van der Waals surface area contributed by atoms with Gasteiger partial charge >= 0.3 is 0 Å². The van der Waals surface area contributed by atoms with E-state index in [1.165, 1.54) is 6.08 Å². The third kappa shape index (κ3) is 3.52. The first kappa shape index (κ1) is 16.4. The summed E-state index contributed by atoms with van der Waals surface area (Å²) < 4.78 is 5.72. The highest BCUT2D eigenvalue weighted by Gasteiger charge is 2.36. The first-order chi connectivity index (χ1) is 11.5. The van der Waals surface area contributed by atoms with Crippen LogP contribution in [0.2, 0.25) is 5.02 Å². The average Bonchev–Trinajstić information content (AvgIpc) is 3.09. The van der Waals surface area contributed by atoms with Crippen LogP contribution in [0.4, 0.5) is 5.69 Å². The number of hydrogen-bond acceptors (Lipinski definition) is 3. The topological polar surface area (TPSA) is 66.0 Å². The predicted octanol–water partition coefficient (Wildman–Crippen LogP) is 4.91. The van der Waals surface area contributed by atoms with E-state index in [4.69, 9.17) is 16.0 Å². The van der Waals surface area contributed by atoms with Crippen molar-refractivity contribution < 1.29 is 9.21 Å². The number of carbonyl (C=O) groups is 1. The lowest BCUT2D eigenvalue weighted by molar-refractivity contribution is -0.112. The van der Waals surface area contributed by atoms with Crippen molar-refractivity contribution in [2.24, 2.45) is 5.92 Å². The Hall–Kier alpha value is -2.51. The van der Waals surface area contributed by atoms with Crippen LogP contribution in [0.15, 0.2) is 40.3 Å². The molecular formula is C19H17ClN2O2. The number of nitrogens with zero attached hydrogens (tertiary/aromatic N) is 1. The Morgan fingerprint density at radius 3 is 2.79 bits per heavy atom. The van der Waals surface area contributed by atoms with Gasteiger partial charge in [-0.2, -0.15) is 5.26 Å². The molecule has 0 aliphatic heterocycles. The van der Waals surface area contributed by atoms with Gasteiger partial charge in [0.25, 0.3) is 5.91 Å². The lowest BCUT2D eigenvalue weighted by Gasteiger charge is -2.06. The lowest BCUT2D eigenvalue weighted by atomic mass is 10.2. The third-order valence-electron chi connectivity index (χ3n) is 4.20. The van der Waals surface area contributed by atoms with Gasteiger partial charge in [-0.05, 0) is 49.1 Å². The van der Waals surface area contributed by atoms with Crippen LogP contribution in [0, 0.1) is 24.2 Å². The zero-order valence-corrected chi connectivity index (χ0v) is 14.2. The van der Waals surface area contributed by atoms with E-state index in [9.17, 15) is 10.1 Å². The van der Waals surface area contributed by atoms with E-state index >= 15 is 0 Å². The summed E-state index contributed by atoms with van der Waals surface area (Å²) in [6.07, 6.45) is 2.58. The van der Waals surface area contributed by atoms with Crippen LogP contribution in [0.1, 0.15) is 36.3 Å². The molecule has 0 saturated heterocycles. The van der Waals surface area contributed by atoms with Crippen LogP contribution in [-0.4, -0.2) is 5.91 Å². The Morgan fingerprint density at radius 1 is 1.42 bits per heavy atom. The smallest absolute Gasteiger partial charge is 0.266 e. The first-order valence-electron chi connectivity index (χ1n) is 7.77. The van der Waals surface area contributed by atoms with Crippen molar-refractivity contribution in [3.8, 4) is 6.07 Å². The fourth-order valence-corrected chi connectivity index (χ4v) is 2.70. The van der Waals surface area contributed by atoms with Crippen molar-refractivity contribution in [1.29, 1.82) is 5.26 Å². The number of carbonyl (C=O) groups excluding carboxylic acids is 1. The number of benzene rings is 1. The fourth-order valence-electron chi connectivity index (χ4n) is 2.52. The van der Waals surface area contributed by atoms with Gasteiger partial charge in [0.1, 0.15) is 23.2 Å². The van der Waals surface area contributed by atoms with Gasteiger partial charge in [0.2, 0.25) is 0 Å². The molecule has 5 heteroatoms. The van der Waals surface area contributed by atoms with Crippen LogP contribution >= 0.6 is 11.6 Å². The molecule has 0 spiro atoms. The summed E-state index contributed by atoms with van der Waals surface area (Å²) in [6.45, 7) is 4.05. The van der Waals surface area contributed by atoms with E-state index in [0.29, 0.717) is 28.3 Å². The Bertz CT molecular complexity index is 860. The minimum Gasteiger partial charge on any atom is -0.461 e. The molecule has 1 heterocycles. The van der Waals surface area contributed by atoms with Gasteiger partial charge in [0.05, 0.1) is 0 Å². The van der Waals surface area contributed by atoms with Gasteiger partial charge in [-0.15, -0.1) is 0 Å². The number of aryl methyl sites for hydroxylation is 1. The minimum atomic E-state index is -0.491. The maximum absolute atomic E-state index is 12.3. The average molecular weight is 341 g/mol. The van der Waals surface area contributed by atoms with Crippen molar-refractivity contribution in [2.45, 2.75) is 26.2 Å². The number of hydrogen-bond donors (Lipinski definition) is 1. The molecule has 0 bridgehead atoms. The molecule has 1 saturated carbocycles. The number of anilines is 1. The van der Waals surface area contributed by atoms with E-state index < -0.39 is 5.91 Å². The number of rotatable bonds is 4. The molecule has 1 amide bonds. The third-order valence-corrected chi connectivity index (χ3v) is 4.61. The van der Waals surface area contributed by atoms with Crippen molar-refractivity contribution in [1.82, 2.24) is 0 Å². The molecular weight excluding hydrogens is 324 g/mol. The van der Waals surface area contributed by atoms with Crippen molar-refractivity contribution in [2.75, 3.05) is 5.32 Å². The Kier molecular flexibility index (Phi) is 4.46. The predicted molar refractivity (Wildman–Crippen MR) is 93.6 cm³/mol. The second kappa shape index (κ2) is 6.54. The van der Waals surface area contributed by atoms with E-state index in [1.807, 2.05) is 25.1 Å². The monoisotopic (exact) mass is 340 g/mol. The molecule has 0 radical (unpaired) electrons. The maximum atomic E-state index is 12.3. The van der Waals surface area contributed by atoms with Gasteiger partial charge in [0.15, 0.2) is 0 Å². The molecule has 2 atom stereocenters. The zero-order chi connectivity index (χ0) is 17.3. The van der Waals surface area contributed by atoms with E-state index in [0.717, 1.165) is 17.7 Å². The maximum Gasteiger partial charge on any atom is 0.266 e. The Labute approximate surface area is 145 Å². The second-order valence-electron chi connectivity index (χ2n) is 6.15. The summed E-state index contributed by atoms with van der Waals surface area (Å²) in [5, 5.41) is 12.5. The second-order valence-corrected chi connectivity index (χ2v) is 6.55. The Morgan fingerprint density at radius 2 is 2.17 bits per heavy atom. The summed E-state index contributed by atoms with van der Waals surface area (Å²) >= 11 is 6.04. The Balaban J connectivity index is 1.75. The molecule has 0 unspecified atom stereocenters. The van der Waals surface area contributed by atoms with Gasteiger partial charge < -0.3 is 9.73 Å². The molecule has 1 fully saturated rings. The van der Waals surface area contributed by atoms with Crippen LogP contribution in [0.25, 0.3) is 6.08 Å². The molecule has 24 heavy (non-hydrogen) atoms. The van der Waals surface area contributed by atoms with Crippen LogP contribution in [-0.2, 0) is 4.79 Å². The van der Waals surface area contributed by atoms with E-state index in [1.54, 1.807) is 18.2 Å². The molecule has 1 N–H and O–H groups in total. The molecule has 3 rings (SSSR count). The zero-order valence-electron chi connectivity index (χ0n) is 13.5. The molecule has 1 aliphatic carbocycles. The largest absolute Gasteiger partial charge is 0.461 e. The van der Waals surface area contributed by atoms with Gasteiger partial charge in [-0.25, -0.2) is 0 Å². The molecule has 2 aromatic rings. The van der Waals surface area contributed by atoms with Crippen molar-refractivity contribution in [3.05, 3.63) is 58.0 Å². The highest BCUT2D eigenvalue weighted by atomic mass is 35.5. The molecule has 1 aromatic carbocycles. The summed E-state index contributed by atoms with van der Waals surface area (Å²) in [5.74, 6) is 2.03. The normalized spacial score (nSPS) is 19.7. The first-order valence-corrected chi connectivity index (χ1v) is 8.14. The van der Waals surface area contributed by atoms with Crippen LogP contribution < -0.4 is 5.32 Å². The minimum absolute atomic E-state index is 0.0172. The van der Waals surface area contributed by atoms with Gasteiger partial charge in [-0.3, -0.25) is 4.79 Å². The van der Waals surface area contributed by atoms with Crippen molar-refractivity contribution >= 4 is 29.3 Å². The highest BCUT2D eigenvalue weighted by molar-refractivity contribution is 6.31. The van der Waals surface area contributed by atoms with E-state index in [2.05, 4.69) is 12.2 Å². The standard InChI is InChI=1S/C19H17ClN2O2/c1-11-3-4-14(9-17(11)20)22-19(23)13(10-21)8-15-5-6-18(24-15)16-7-12(16)2/h3-6,8-9,12,16H,7H2,1-2H3,(H,22,23)/b13-8+/t12-,16+/m1/s1. The quantitative estimate of drug-likeness (QED) is 0.635. The van der Waals surface area contributed by atoms with E-state index in [-0.39, 0.29) is 5.57 Å². The summed E-state index contributed by atoms with van der Waals surface area (Å²) in [5.41, 5.74) is 1.45. The SMILES string of the molecule is Cc1ccc(NC(=O)/C(C#N)=C/c2ccc([C@H]3C[C@H]3C)o2)cc1Cl. The molecule has 1 aliphatic rings. The van der Waals surface area contributed by atoms with Gasteiger partial charge in [-0.1, -0.05) is 24.6 Å². The summed E-state index contributed by atoms with van der Waals surface area (Å²) in [7, 11) is 0. The number of amides is 1.